The van der Waals surface area contributed by atoms with Crippen molar-refractivity contribution < 1.29 is 4.74 Å². The van der Waals surface area contributed by atoms with Gasteiger partial charge in [-0.25, -0.2) is 9.97 Å². The Morgan fingerprint density at radius 1 is 1.00 bits per heavy atom. The molecule has 5 nitrogen and oxygen atoms in total. The summed E-state index contributed by atoms with van der Waals surface area (Å²) in [5.74, 6) is 2.40. The van der Waals surface area contributed by atoms with Crippen LogP contribution < -0.4 is 10.1 Å². The normalized spacial score (nSPS) is 11.8. The van der Waals surface area contributed by atoms with Gasteiger partial charge in [-0.05, 0) is 45.0 Å². The molecular weight excluding hydrogens is 312 g/mol. The molecule has 3 aromatic rings. The zero-order valence-corrected chi connectivity index (χ0v) is 14.7. The van der Waals surface area contributed by atoms with Crippen LogP contribution in [-0.4, -0.2) is 27.6 Å². The predicted octanol–water partition coefficient (Wildman–Crippen LogP) is 4.03. The number of para-hydroxylation sites is 1. The van der Waals surface area contributed by atoms with Gasteiger partial charge in [-0.15, -0.1) is 0 Å². The molecule has 1 aromatic carbocycles. The predicted molar refractivity (Wildman–Crippen MR) is 99.8 cm³/mol. The largest absolute Gasteiger partial charge is 0.489 e. The summed E-state index contributed by atoms with van der Waals surface area (Å²) >= 11 is 0. The maximum atomic E-state index is 5.91. The Bertz CT molecular complexity index is 822. The van der Waals surface area contributed by atoms with Gasteiger partial charge in [-0.1, -0.05) is 18.2 Å². The van der Waals surface area contributed by atoms with Crippen molar-refractivity contribution in [3.63, 3.8) is 0 Å². The lowest BCUT2D eigenvalue weighted by molar-refractivity contribution is 0.234. The Morgan fingerprint density at radius 3 is 2.44 bits per heavy atom. The third-order valence-electron chi connectivity index (χ3n) is 3.97. The number of aryl methyl sites for hydroxylation is 1. The number of ether oxygens (including phenoxy) is 1. The molecule has 0 saturated carbocycles. The Morgan fingerprint density at radius 2 is 1.72 bits per heavy atom. The van der Waals surface area contributed by atoms with E-state index in [0.717, 1.165) is 28.4 Å². The lowest BCUT2D eigenvalue weighted by Gasteiger charge is -2.17. The van der Waals surface area contributed by atoms with Crippen LogP contribution in [0.2, 0.25) is 0 Å². The molecule has 5 heteroatoms. The minimum absolute atomic E-state index is 0.0152. The molecule has 0 spiro atoms. The van der Waals surface area contributed by atoms with E-state index < -0.39 is 0 Å². The molecule has 2 heterocycles. The van der Waals surface area contributed by atoms with E-state index in [1.807, 2.05) is 63.2 Å². The van der Waals surface area contributed by atoms with Crippen molar-refractivity contribution in [1.82, 2.24) is 15.0 Å². The number of nitrogens with one attached hydrogen (secondary N) is 1. The summed E-state index contributed by atoms with van der Waals surface area (Å²) in [7, 11) is 0. The van der Waals surface area contributed by atoms with Crippen molar-refractivity contribution in [3.8, 4) is 17.1 Å². The topological polar surface area (TPSA) is 59.9 Å². The molecule has 0 radical (unpaired) electrons. The van der Waals surface area contributed by atoms with Crippen molar-refractivity contribution in [2.24, 2.45) is 0 Å². The van der Waals surface area contributed by atoms with Crippen LogP contribution in [0, 0.1) is 13.8 Å². The van der Waals surface area contributed by atoms with Crippen molar-refractivity contribution in [2.45, 2.75) is 26.9 Å². The molecule has 0 amide bonds. The second-order valence-corrected chi connectivity index (χ2v) is 5.96. The first-order chi connectivity index (χ1) is 12.1. The summed E-state index contributed by atoms with van der Waals surface area (Å²) in [6, 6.07) is 13.6. The van der Waals surface area contributed by atoms with Gasteiger partial charge in [0.15, 0.2) is 5.82 Å². The first-order valence-corrected chi connectivity index (χ1v) is 8.34. The summed E-state index contributed by atoms with van der Waals surface area (Å²) in [6.07, 6.45) is 3.51. The molecule has 0 aliphatic heterocycles. The van der Waals surface area contributed by atoms with Gasteiger partial charge in [0.05, 0.1) is 6.54 Å². The summed E-state index contributed by atoms with van der Waals surface area (Å²) in [4.78, 5) is 13.3. The second kappa shape index (κ2) is 7.75. The standard InChI is InChI=1S/C20H22N4O/c1-14(25-18-7-5-4-6-8-18)13-22-19-15(2)16(3)23-20(24-19)17-9-11-21-12-10-17/h4-12,14H,13H2,1-3H3,(H,22,23,24). The molecule has 1 N–H and O–H groups in total. The van der Waals surface area contributed by atoms with Crippen LogP contribution in [0.1, 0.15) is 18.2 Å². The first-order valence-electron chi connectivity index (χ1n) is 8.34. The minimum atomic E-state index is 0.0152. The van der Waals surface area contributed by atoms with E-state index in [4.69, 9.17) is 4.74 Å². The average molecular weight is 334 g/mol. The Labute approximate surface area is 148 Å². The SMILES string of the molecule is Cc1nc(-c2ccncc2)nc(NCC(C)Oc2ccccc2)c1C. The van der Waals surface area contributed by atoms with Crippen LogP contribution in [-0.2, 0) is 0 Å². The number of aromatic nitrogens is 3. The highest BCUT2D eigenvalue weighted by Gasteiger charge is 2.11. The zero-order chi connectivity index (χ0) is 17.6. The van der Waals surface area contributed by atoms with Gasteiger partial charge in [0, 0.05) is 29.2 Å². The van der Waals surface area contributed by atoms with Crippen molar-refractivity contribution in [2.75, 3.05) is 11.9 Å². The van der Waals surface area contributed by atoms with E-state index in [1.54, 1.807) is 12.4 Å². The smallest absolute Gasteiger partial charge is 0.161 e. The second-order valence-electron chi connectivity index (χ2n) is 5.96. The van der Waals surface area contributed by atoms with Gasteiger partial charge in [0.25, 0.3) is 0 Å². The molecule has 3 rings (SSSR count). The van der Waals surface area contributed by atoms with Crippen LogP contribution in [0.15, 0.2) is 54.9 Å². The highest BCUT2D eigenvalue weighted by Crippen LogP contribution is 2.21. The number of rotatable bonds is 6. The van der Waals surface area contributed by atoms with Gasteiger partial charge in [0.2, 0.25) is 0 Å². The van der Waals surface area contributed by atoms with Crippen LogP contribution in [0.5, 0.6) is 5.75 Å². The van der Waals surface area contributed by atoms with Gasteiger partial charge < -0.3 is 10.1 Å². The molecule has 0 aliphatic rings. The van der Waals surface area contributed by atoms with E-state index in [-0.39, 0.29) is 6.10 Å². The average Bonchev–Trinajstić information content (AvgIpc) is 2.64. The molecule has 0 saturated heterocycles. The van der Waals surface area contributed by atoms with Gasteiger partial charge >= 0.3 is 0 Å². The highest BCUT2D eigenvalue weighted by atomic mass is 16.5. The Balaban J connectivity index is 1.72. The molecule has 0 bridgehead atoms. The molecule has 0 aliphatic carbocycles. The van der Waals surface area contributed by atoms with Crippen LogP contribution in [0.25, 0.3) is 11.4 Å². The fourth-order valence-electron chi connectivity index (χ4n) is 2.44. The lowest BCUT2D eigenvalue weighted by atomic mass is 10.2. The molecule has 25 heavy (non-hydrogen) atoms. The highest BCUT2D eigenvalue weighted by molar-refractivity contribution is 5.59. The zero-order valence-electron chi connectivity index (χ0n) is 14.7. The van der Waals surface area contributed by atoms with E-state index in [0.29, 0.717) is 12.4 Å². The third kappa shape index (κ3) is 4.32. The minimum Gasteiger partial charge on any atom is -0.489 e. The fraction of sp³-hybridized carbons (Fsp3) is 0.250. The van der Waals surface area contributed by atoms with Gasteiger partial charge in [0.1, 0.15) is 17.7 Å². The quantitative estimate of drug-likeness (QED) is 0.737. The Kier molecular flexibility index (Phi) is 5.23. The van der Waals surface area contributed by atoms with Crippen molar-refractivity contribution >= 4 is 5.82 Å². The summed E-state index contributed by atoms with van der Waals surface area (Å²) in [5, 5.41) is 3.39. The molecule has 0 fully saturated rings. The molecule has 1 atom stereocenters. The number of pyridine rings is 1. The van der Waals surface area contributed by atoms with Crippen molar-refractivity contribution in [1.29, 1.82) is 0 Å². The van der Waals surface area contributed by atoms with Gasteiger partial charge in [-0.2, -0.15) is 0 Å². The maximum absolute atomic E-state index is 5.91. The monoisotopic (exact) mass is 334 g/mol. The van der Waals surface area contributed by atoms with E-state index in [2.05, 4.69) is 20.3 Å². The van der Waals surface area contributed by atoms with Crippen LogP contribution in [0.3, 0.4) is 0 Å². The van der Waals surface area contributed by atoms with Crippen LogP contribution >= 0.6 is 0 Å². The van der Waals surface area contributed by atoms with E-state index >= 15 is 0 Å². The van der Waals surface area contributed by atoms with E-state index in [1.165, 1.54) is 0 Å². The Hall–Kier alpha value is -2.95. The fourth-order valence-corrected chi connectivity index (χ4v) is 2.44. The number of anilines is 1. The maximum Gasteiger partial charge on any atom is 0.161 e. The lowest BCUT2D eigenvalue weighted by Crippen LogP contribution is -2.23. The number of hydrogen-bond acceptors (Lipinski definition) is 5. The van der Waals surface area contributed by atoms with Crippen LogP contribution in [0.4, 0.5) is 5.82 Å². The number of hydrogen-bond donors (Lipinski definition) is 1. The van der Waals surface area contributed by atoms with Crippen molar-refractivity contribution in [3.05, 3.63) is 66.1 Å². The summed E-state index contributed by atoms with van der Waals surface area (Å²) < 4.78 is 5.91. The molecule has 2 aromatic heterocycles. The van der Waals surface area contributed by atoms with E-state index in [9.17, 15) is 0 Å². The summed E-state index contributed by atoms with van der Waals surface area (Å²) in [6.45, 7) is 6.71. The first kappa shape index (κ1) is 16.9. The molecule has 1 unspecified atom stereocenters. The molecule has 128 valence electrons. The summed E-state index contributed by atoms with van der Waals surface area (Å²) in [5.41, 5.74) is 2.96. The number of benzene rings is 1. The number of nitrogens with zero attached hydrogens (tertiary/aromatic N) is 3. The molecular formula is C20H22N4O. The van der Waals surface area contributed by atoms with Gasteiger partial charge in [-0.3, -0.25) is 4.98 Å². The third-order valence-corrected chi connectivity index (χ3v) is 3.97.